The van der Waals surface area contributed by atoms with Crippen molar-refractivity contribution in [3.8, 4) is 5.75 Å². The van der Waals surface area contributed by atoms with Gasteiger partial charge in [-0.05, 0) is 61.4 Å². The van der Waals surface area contributed by atoms with Gasteiger partial charge >= 0.3 is 0 Å². The Morgan fingerprint density at radius 2 is 1.87 bits per heavy atom. The molecule has 2 aromatic rings. The van der Waals surface area contributed by atoms with Crippen LogP contribution in [0.2, 0.25) is 0 Å². The number of hydrogen-bond donors (Lipinski definition) is 1. The number of amides is 1. The molecule has 3 nitrogen and oxygen atoms in total. The number of anilines is 1. The lowest BCUT2D eigenvalue weighted by Gasteiger charge is -2.08. The highest BCUT2D eigenvalue weighted by Gasteiger charge is 2.03. The minimum absolute atomic E-state index is 0.0437. The van der Waals surface area contributed by atoms with Gasteiger partial charge in [-0.2, -0.15) is 11.8 Å². The molecule has 0 atom stereocenters. The summed E-state index contributed by atoms with van der Waals surface area (Å²) in [6.07, 6.45) is 0.927. The van der Waals surface area contributed by atoms with E-state index < -0.39 is 0 Å². The number of para-hydroxylation sites is 1. The second-order valence-corrected chi connectivity index (χ2v) is 6.52. The summed E-state index contributed by atoms with van der Waals surface area (Å²) in [5.41, 5.74) is 3.29. The zero-order chi connectivity index (χ0) is 16.5. The second-order valence-electron chi connectivity index (χ2n) is 5.41. The standard InChI is InChI=1S/C19H23NO2S/c1-15-9-10-17(13-16(15)2)20-19(21)14-23-12-6-11-22-18-7-4-3-5-8-18/h3-5,7-10,13H,6,11-12,14H2,1-2H3,(H,20,21). The van der Waals surface area contributed by atoms with Crippen molar-refractivity contribution < 1.29 is 9.53 Å². The third kappa shape index (κ3) is 6.37. The predicted octanol–water partition coefficient (Wildman–Crippen LogP) is 4.44. The van der Waals surface area contributed by atoms with Crippen molar-refractivity contribution in [3.63, 3.8) is 0 Å². The first kappa shape index (κ1) is 17.4. The number of thioether (sulfide) groups is 1. The van der Waals surface area contributed by atoms with E-state index in [9.17, 15) is 4.79 Å². The summed E-state index contributed by atoms with van der Waals surface area (Å²) in [6, 6.07) is 15.8. The van der Waals surface area contributed by atoms with Gasteiger partial charge in [-0.1, -0.05) is 24.3 Å². The first-order chi connectivity index (χ1) is 11.1. The molecule has 1 amide bonds. The fourth-order valence-corrected chi connectivity index (χ4v) is 2.77. The maximum Gasteiger partial charge on any atom is 0.234 e. The summed E-state index contributed by atoms with van der Waals surface area (Å²) in [6.45, 7) is 4.79. The normalized spacial score (nSPS) is 10.3. The van der Waals surface area contributed by atoms with Crippen LogP contribution in [0.4, 0.5) is 5.69 Å². The molecule has 0 aliphatic heterocycles. The molecule has 0 saturated carbocycles. The van der Waals surface area contributed by atoms with E-state index in [2.05, 4.69) is 12.2 Å². The van der Waals surface area contributed by atoms with Gasteiger partial charge in [0.2, 0.25) is 5.91 Å². The summed E-state index contributed by atoms with van der Waals surface area (Å²) in [7, 11) is 0. The smallest absolute Gasteiger partial charge is 0.234 e. The van der Waals surface area contributed by atoms with E-state index in [4.69, 9.17) is 4.74 Å². The number of ether oxygens (including phenoxy) is 1. The van der Waals surface area contributed by atoms with Crippen LogP contribution in [-0.4, -0.2) is 24.0 Å². The Labute approximate surface area is 142 Å². The number of aryl methyl sites for hydroxylation is 2. The number of nitrogens with one attached hydrogen (secondary N) is 1. The Morgan fingerprint density at radius 1 is 1.09 bits per heavy atom. The largest absolute Gasteiger partial charge is 0.494 e. The molecule has 0 bridgehead atoms. The molecule has 0 aliphatic rings. The van der Waals surface area contributed by atoms with Crippen LogP contribution in [0.1, 0.15) is 17.5 Å². The molecule has 0 heterocycles. The van der Waals surface area contributed by atoms with Gasteiger partial charge in [-0.3, -0.25) is 4.79 Å². The van der Waals surface area contributed by atoms with Gasteiger partial charge in [0.15, 0.2) is 0 Å². The van der Waals surface area contributed by atoms with Gasteiger partial charge in [0.1, 0.15) is 5.75 Å². The van der Waals surface area contributed by atoms with Gasteiger partial charge in [0.05, 0.1) is 12.4 Å². The highest BCUT2D eigenvalue weighted by atomic mass is 32.2. The molecule has 0 spiro atoms. The molecule has 0 aromatic heterocycles. The van der Waals surface area contributed by atoms with E-state index in [-0.39, 0.29) is 5.91 Å². The molecule has 23 heavy (non-hydrogen) atoms. The van der Waals surface area contributed by atoms with Gasteiger partial charge < -0.3 is 10.1 Å². The highest BCUT2D eigenvalue weighted by molar-refractivity contribution is 7.99. The van der Waals surface area contributed by atoms with Gasteiger partial charge in [-0.25, -0.2) is 0 Å². The molecule has 1 N–H and O–H groups in total. The average Bonchev–Trinajstić information content (AvgIpc) is 2.55. The fraction of sp³-hybridized carbons (Fsp3) is 0.316. The molecule has 0 aliphatic carbocycles. The summed E-state index contributed by atoms with van der Waals surface area (Å²) >= 11 is 1.63. The molecule has 0 fully saturated rings. The van der Waals surface area contributed by atoms with E-state index >= 15 is 0 Å². The molecule has 0 saturated heterocycles. The van der Waals surface area contributed by atoms with Crippen molar-refractivity contribution in [3.05, 3.63) is 59.7 Å². The lowest BCUT2D eigenvalue weighted by Crippen LogP contribution is -2.14. The number of carbonyl (C=O) groups is 1. The topological polar surface area (TPSA) is 38.3 Å². The van der Waals surface area contributed by atoms with Crippen molar-refractivity contribution in [1.82, 2.24) is 0 Å². The van der Waals surface area contributed by atoms with Crippen LogP contribution in [-0.2, 0) is 4.79 Å². The van der Waals surface area contributed by atoms with Crippen LogP contribution in [0.5, 0.6) is 5.75 Å². The van der Waals surface area contributed by atoms with E-state index in [0.29, 0.717) is 12.4 Å². The maximum absolute atomic E-state index is 11.9. The molecule has 122 valence electrons. The molecule has 2 rings (SSSR count). The molecule has 2 aromatic carbocycles. The quantitative estimate of drug-likeness (QED) is 0.727. The highest BCUT2D eigenvalue weighted by Crippen LogP contribution is 2.15. The maximum atomic E-state index is 11.9. The molecular weight excluding hydrogens is 306 g/mol. The summed E-state index contributed by atoms with van der Waals surface area (Å²) < 4.78 is 5.62. The first-order valence-electron chi connectivity index (χ1n) is 7.78. The van der Waals surface area contributed by atoms with E-state index in [0.717, 1.165) is 23.6 Å². The SMILES string of the molecule is Cc1ccc(NC(=O)CSCCCOc2ccccc2)cc1C. The molecule has 4 heteroatoms. The van der Waals surface area contributed by atoms with Crippen LogP contribution < -0.4 is 10.1 Å². The molecule has 0 unspecified atom stereocenters. The zero-order valence-corrected chi connectivity index (χ0v) is 14.5. The minimum atomic E-state index is 0.0437. The van der Waals surface area contributed by atoms with Crippen molar-refractivity contribution in [1.29, 1.82) is 0 Å². The third-order valence-corrected chi connectivity index (χ3v) is 4.51. The third-order valence-electron chi connectivity index (χ3n) is 3.47. The number of carbonyl (C=O) groups excluding carboxylic acids is 1. The molecule has 0 radical (unpaired) electrons. The summed E-state index contributed by atoms with van der Waals surface area (Å²) in [5.74, 6) is 2.32. The Bertz CT molecular complexity index is 629. The Kier molecular flexibility index (Phi) is 7.01. The Balaban J connectivity index is 1.58. The summed E-state index contributed by atoms with van der Waals surface area (Å²) in [5, 5.41) is 2.94. The van der Waals surface area contributed by atoms with Crippen molar-refractivity contribution in [2.75, 3.05) is 23.4 Å². The summed E-state index contributed by atoms with van der Waals surface area (Å²) in [4.78, 5) is 11.9. The van der Waals surface area contributed by atoms with Crippen molar-refractivity contribution in [2.24, 2.45) is 0 Å². The Hall–Kier alpha value is -1.94. The van der Waals surface area contributed by atoms with Crippen LogP contribution in [0.25, 0.3) is 0 Å². The average molecular weight is 329 g/mol. The Morgan fingerprint density at radius 3 is 2.61 bits per heavy atom. The fourth-order valence-electron chi connectivity index (χ4n) is 2.05. The number of rotatable bonds is 8. The van der Waals surface area contributed by atoms with Crippen molar-refractivity contribution in [2.45, 2.75) is 20.3 Å². The second kappa shape index (κ2) is 9.26. The van der Waals surface area contributed by atoms with Gasteiger partial charge in [0.25, 0.3) is 0 Å². The number of benzene rings is 2. The van der Waals surface area contributed by atoms with Gasteiger partial charge in [-0.15, -0.1) is 0 Å². The minimum Gasteiger partial charge on any atom is -0.494 e. The lowest BCUT2D eigenvalue weighted by atomic mass is 10.1. The van der Waals surface area contributed by atoms with E-state index in [1.54, 1.807) is 11.8 Å². The van der Waals surface area contributed by atoms with Gasteiger partial charge in [0, 0.05) is 5.69 Å². The first-order valence-corrected chi connectivity index (χ1v) is 8.93. The van der Waals surface area contributed by atoms with Crippen molar-refractivity contribution >= 4 is 23.4 Å². The van der Waals surface area contributed by atoms with Crippen LogP contribution in [0, 0.1) is 13.8 Å². The predicted molar refractivity (Wildman–Crippen MR) is 98.4 cm³/mol. The zero-order valence-electron chi connectivity index (χ0n) is 13.7. The van der Waals surface area contributed by atoms with E-state index in [1.165, 1.54) is 11.1 Å². The lowest BCUT2D eigenvalue weighted by molar-refractivity contribution is -0.113. The monoisotopic (exact) mass is 329 g/mol. The van der Waals surface area contributed by atoms with Crippen LogP contribution in [0.3, 0.4) is 0 Å². The van der Waals surface area contributed by atoms with Crippen LogP contribution >= 0.6 is 11.8 Å². The number of hydrogen-bond acceptors (Lipinski definition) is 3. The van der Waals surface area contributed by atoms with Crippen LogP contribution in [0.15, 0.2) is 48.5 Å². The molecular formula is C19H23NO2S. The van der Waals surface area contributed by atoms with E-state index in [1.807, 2.05) is 55.5 Å².